The maximum Gasteiger partial charge on any atom is 0.243 e. The molecule has 5 heteroatoms. The third-order valence-corrected chi connectivity index (χ3v) is 2.29. The van der Waals surface area contributed by atoms with E-state index in [9.17, 15) is 4.79 Å². The number of aryl methyl sites for hydroxylation is 1. The number of rotatable bonds is 9. The molecule has 0 aliphatic rings. The van der Waals surface area contributed by atoms with E-state index >= 15 is 0 Å². The van der Waals surface area contributed by atoms with Gasteiger partial charge >= 0.3 is 0 Å². The molecule has 0 aromatic carbocycles. The second-order valence-electron chi connectivity index (χ2n) is 3.95. The van der Waals surface area contributed by atoms with Crippen molar-refractivity contribution in [2.24, 2.45) is 5.73 Å². The van der Waals surface area contributed by atoms with Crippen LogP contribution in [-0.4, -0.2) is 30.2 Å². The van der Waals surface area contributed by atoms with Gasteiger partial charge in [0.05, 0.1) is 6.61 Å². The molecule has 3 N–H and O–H groups in total. The molecule has 0 saturated heterocycles. The van der Waals surface area contributed by atoms with Crippen LogP contribution in [0, 0.1) is 0 Å². The number of nitrogens with zero attached hydrogens (tertiary/aromatic N) is 1. The van der Waals surface area contributed by atoms with Crippen LogP contribution >= 0.6 is 0 Å². The average Bonchev–Trinajstić information content (AvgIpc) is 2.71. The Bertz CT molecular complexity index is 336. The summed E-state index contributed by atoms with van der Waals surface area (Å²) in [5.74, 6) is -0.429. The Kier molecular flexibility index (Phi) is 6.35. The Morgan fingerprint density at radius 3 is 3.12 bits per heavy atom. The number of nitrogens with one attached hydrogen (secondary N) is 1. The molecular formula is C12H21N3O2. The van der Waals surface area contributed by atoms with Gasteiger partial charge in [0, 0.05) is 32.0 Å². The molecule has 96 valence electrons. The van der Waals surface area contributed by atoms with Crippen LogP contribution in [-0.2, 0) is 22.6 Å². The standard InChI is InChI=1S/C12H21N3O2/c1-2-5-15-6-3-11(9-15)8-14-4-7-17-10-12(13)16/h3,6,9,14H,2,4-5,7-8,10H2,1H3,(H2,13,16). The Morgan fingerprint density at radius 2 is 2.41 bits per heavy atom. The van der Waals surface area contributed by atoms with Crippen LogP contribution in [0.5, 0.6) is 0 Å². The van der Waals surface area contributed by atoms with Gasteiger partial charge in [-0.2, -0.15) is 0 Å². The molecule has 0 radical (unpaired) electrons. The average molecular weight is 239 g/mol. The lowest BCUT2D eigenvalue weighted by atomic mass is 10.3. The van der Waals surface area contributed by atoms with E-state index in [0.29, 0.717) is 13.2 Å². The minimum atomic E-state index is -0.429. The number of aromatic nitrogens is 1. The fraction of sp³-hybridized carbons (Fsp3) is 0.583. The highest BCUT2D eigenvalue weighted by atomic mass is 16.5. The summed E-state index contributed by atoms with van der Waals surface area (Å²) in [5.41, 5.74) is 6.20. The third kappa shape index (κ3) is 6.09. The molecule has 1 aromatic rings. The molecule has 0 unspecified atom stereocenters. The number of hydrogen-bond donors (Lipinski definition) is 2. The van der Waals surface area contributed by atoms with E-state index in [4.69, 9.17) is 10.5 Å². The highest BCUT2D eigenvalue weighted by molar-refractivity contribution is 5.74. The number of carbonyl (C=O) groups excluding carboxylic acids is 1. The molecule has 1 heterocycles. The molecule has 17 heavy (non-hydrogen) atoms. The molecule has 0 bridgehead atoms. The third-order valence-electron chi connectivity index (χ3n) is 2.29. The van der Waals surface area contributed by atoms with Crippen LogP contribution in [0.2, 0.25) is 0 Å². The molecule has 0 spiro atoms. The van der Waals surface area contributed by atoms with Crippen molar-refractivity contribution in [1.82, 2.24) is 9.88 Å². The van der Waals surface area contributed by atoms with Crippen molar-refractivity contribution in [3.05, 3.63) is 24.0 Å². The molecule has 0 saturated carbocycles. The highest BCUT2D eigenvalue weighted by Crippen LogP contribution is 2.01. The van der Waals surface area contributed by atoms with Crippen LogP contribution in [0.3, 0.4) is 0 Å². The van der Waals surface area contributed by atoms with Gasteiger partial charge in [-0.15, -0.1) is 0 Å². The van der Waals surface area contributed by atoms with Crippen molar-refractivity contribution >= 4 is 5.91 Å². The van der Waals surface area contributed by atoms with Gasteiger partial charge in [0.1, 0.15) is 6.61 Å². The first-order valence-electron chi connectivity index (χ1n) is 5.93. The van der Waals surface area contributed by atoms with Gasteiger partial charge in [-0.3, -0.25) is 4.79 Å². The van der Waals surface area contributed by atoms with E-state index in [0.717, 1.165) is 19.5 Å². The number of ether oxygens (including phenoxy) is 1. The van der Waals surface area contributed by atoms with E-state index in [2.05, 4.69) is 35.3 Å². The summed E-state index contributed by atoms with van der Waals surface area (Å²) >= 11 is 0. The van der Waals surface area contributed by atoms with E-state index in [1.54, 1.807) is 0 Å². The maximum atomic E-state index is 10.4. The monoisotopic (exact) mass is 239 g/mol. The lowest BCUT2D eigenvalue weighted by Crippen LogP contribution is -2.23. The largest absolute Gasteiger partial charge is 0.370 e. The van der Waals surface area contributed by atoms with E-state index in [1.165, 1.54) is 5.56 Å². The minimum absolute atomic E-state index is 0.00540. The second-order valence-corrected chi connectivity index (χ2v) is 3.95. The zero-order chi connectivity index (χ0) is 12.5. The fourth-order valence-electron chi connectivity index (χ4n) is 1.54. The number of hydrogen-bond acceptors (Lipinski definition) is 3. The summed E-state index contributed by atoms with van der Waals surface area (Å²) in [6, 6.07) is 2.10. The Labute approximate surface area is 102 Å². The topological polar surface area (TPSA) is 69.3 Å². The minimum Gasteiger partial charge on any atom is -0.370 e. The van der Waals surface area contributed by atoms with Gasteiger partial charge in [0.25, 0.3) is 0 Å². The van der Waals surface area contributed by atoms with Crippen molar-refractivity contribution in [3.8, 4) is 0 Å². The van der Waals surface area contributed by atoms with Crippen LogP contribution < -0.4 is 11.1 Å². The summed E-state index contributed by atoms with van der Waals surface area (Å²) in [6.07, 6.45) is 5.37. The fourth-order valence-corrected chi connectivity index (χ4v) is 1.54. The van der Waals surface area contributed by atoms with Crippen LogP contribution in [0.25, 0.3) is 0 Å². The molecule has 1 rings (SSSR count). The number of nitrogens with two attached hydrogens (primary N) is 1. The Morgan fingerprint density at radius 1 is 1.59 bits per heavy atom. The first kappa shape index (κ1) is 13.7. The maximum absolute atomic E-state index is 10.4. The van der Waals surface area contributed by atoms with Crippen LogP contribution in [0.1, 0.15) is 18.9 Å². The second kappa shape index (κ2) is 7.86. The summed E-state index contributed by atoms with van der Waals surface area (Å²) in [4.78, 5) is 10.4. The van der Waals surface area contributed by atoms with Crippen molar-refractivity contribution in [1.29, 1.82) is 0 Å². The molecule has 0 fully saturated rings. The molecule has 0 aliphatic heterocycles. The summed E-state index contributed by atoms with van der Waals surface area (Å²) in [6.45, 7) is 5.24. The van der Waals surface area contributed by atoms with E-state index in [1.807, 2.05) is 0 Å². The predicted octanol–water partition coefficient (Wildman–Crippen LogP) is 0.490. The first-order valence-corrected chi connectivity index (χ1v) is 5.93. The molecule has 1 aromatic heterocycles. The van der Waals surface area contributed by atoms with E-state index < -0.39 is 5.91 Å². The predicted molar refractivity (Wildman–Crippen MR) is 66.4 cm³/mol. The number of amides is 1. The molecular weight excluding hydrogens is 218 g/mol. The quantitative estimate of drug-likeness (QED) is 0.616. The van der Waals surface area contributed by atoms with Crippen molar-refractivity contribution in [2.75, 3.05) is 19.8 Å². The molecule has 5 nitrogen and oxygen atoms in total. The zero-order valence-corrected chi connectivity index (χ0v) is 10.3. The van der Waals surface area contributed by atoms with Gasteiger partial charge in [-0.05, 0) is 18.1 Å². The van der Waals surface area contributed by atoms with Gasteiger partial charge < -0.3 is 20.4 Å². The smallest absolute Gasteiger partial charge is 0.243 e. The first-order chi connectivity index (χ1) is 8.22. The highest BCUT2D eigenvalue weighted by Gasteiger charge is 1.97. The summed E-state index contributed by atoms with van der Waals surface area (Å²) < 4.78 is 7.22. The lowest BCUT2D eigenvalue weighted by molar-refractivity contribution is -0.122. The van der Waals surface area contributed by atoms with Gasteiger partial charge in [-0.1, -0.05) is 6.92 Å². The Balaban J connectivity index is 2.07. The van der Waals surface area contributed by atoms with Gasteiger partial charge in [0.2, 0.25) is 5.91 Å². The van der Waals surface area contributed by atoms with Crippen molar-refractivity contribution in [2.45, 2.75) is 26.4 Å². The number of carbonyl (C=O) groups is 1. The number of primary amides is 1. The Hall–Kier alpha value is -1.33. The van der Waals surface area contributed by atoms with Crippen LogP contribution in [0.4, 0.5) is 0 Å². The zero-order valence-electron chi connectivity index (χ0n) is 10.3. The summed E-state index contributed by atoms with van der Waals surface area (Å²) in [5, 5.41) is 3.24. The van der Waals surface area contributed by atoms with Gasteiger partial charge in [-0.25, -0.2) is 0 Å². The molecule has 0 aliphatic carbocycles. The van der Waals surface area contributed by atoms with Gasteiger partial charge in [0.15, 0.2) is 0 Å². The molecule has 0 atom stereocenters. The summed E-state index contributed by atoms with van der Waals surface area (Å²) in [7, 11) is 0. The molecule has 1 amide bonds. The van der Waals surface area contributed by atoms with Crippen molar-refractivity contribution < 1.29 is 9.53 Å². The van der Waals surface area contributed by atoms with Crippen LogP contribution in [0.15, 0.2) is 18.5 Å². The SMILES string of the molecule is CCCn1ccc(CNCCOCC(N)=O)c1. The van der Waals surface area contributed by atoms with E-state index in [-0.39, 0.29) is 6.61 Å². The lowest BCUT2D eigenvalue weighted by Gasteiger charge is -2.03. The van der Waals surface area contributed by atoms with Crippen molar-refractivity contribution in [3.63, 3.8) is 0 Å². The normalized spacial score (nSPS) is 10.6.